The molecule has 1 heterocycles. The van der Waals surface area contributed by atoms with E-state index in [-0.39, 0.29) is 22.8 Å². The molecule has 3 N–H and O–H groups in total. The Morgan fingerprint density at radius 2 is 2.05 bits per heavy atom. The minimum atomic E-state index is -0.737. The number of hydrogen-bond donors (Lipinski definition) is 2. The van der Waals surface area contributed by atoms with Gasteiger partial charge < -0.3 is 11.1 Å². The Labute approximate surface area is 114 Å². The third-order valence-corrected chi connectivity index (χ3v) is 2.78. The molecule has 0 aliphatic heterocycles. The maximum Gasteiger partial charge on any atom is 0.150 e. The van der Waals surface area contributed by atoms with Crippen LogP contribution in [0.5, 0.6) is 0 Å². The predicted molar refractivity (Wildman–Crippen MR) is 72.8 cm³/mol. The number of thiocarbonyl (C=S) groups is 1. The summed E-state index contributed by atoms with van der Waals surface area (Å²) in [7, 11) is 1.77. The second kappa shape index (κ2) is 5.31. The Hall–Kier alpha value is -2.02. The van der Waals surface area contributed by atoms with Gasteiger partial charge in [-0.2, -0.15) is 5.10 Å². The van der Waals surface area contributed by atoms with Crippen molar-refractivity contribution in [1.29, 1.82) is 0 Å². The van der Waals surface area contributed by atoms with Gasteiger partial charge >= 0.3 is 0 Å². The first-order valence-electron chi connectivity index (χ1n) is 5.48. The zero-order valence-electron chi connectivity index (χ0n) is 10.2. The van der Waals surface area contributed by atoms with Crippen LogP contribution in [0.15, 0.2) is 24.4 Å². The molecule has 100 valence electrons. The van der Waals surface area contributed by atoms with E-state index < -0.39 is 11.6 Å². The average Bonchev–Trinajstić information content (AvgIpc) is 2.73. The van der Waals surface area contributed by atoms with Gasteiger partial charge in [0.1, 0.15) is 22.3 Å². The normalized spacial score (nSPS) is 10.5. The molecule has 1 aromatic heterocycles. The summed E-state index contributed by atoms with van der Waals surface area (Å²) in [4.78, 5) is -0.0472. The molecule has 2 rings (SSSR count). The van der Waals surface area contributed by atoms with Gasteiger partial charge in [-0.1, -0.05) is 12.2 Å². The van der Waals surface area contributed by atoms with Crippen LogP contribution in [-0.4, -0.2) is 14.8 Å². The van der Waals surface area contributed by atoms with E-state index in [4.69, 9.17) is 5.73 Å². The molecule has 7 heteroatoms. The van der Waals surface area contributed by atoms with Crippen LogP contribution in [0.2, 0.25) is 0 Å². The maximum atomic E-state index is 13.7. The largest absolute Gasteiger partial charge is 0.389 e. The molecule has 0 radical (unpaired) electrons. The van der Waals surface area contributed by atoms with Crippen LogP contribution >= 0.6 is 12.2 Å². The lowest BCUT2D eigenvalue weighted by Gasteiger charge is -2.09. The smallest absolute Gasteiger partial charge is 0.150 e. The Morgan fingerprint density at radius 3 is 2.53 bits per heavy atom. The summed E-state index contributed by atoms with van der Waals surface area (Å²) in [5.74, 6) is -1.47. The van der Waals surface area contributed by atoms with Gasteiger partial charge in [-0.15, -0.1) is 0 Å². The van der Waals surface area contributed by atoms with Crippen molar-refractivity contribution in [3.05, 3.63) is 47.3 Å². The second-order valence-corrected chi connectivity index (χ2v) is 4.45. The van der Waals surface area contributed by atoms with Gasteiger partial charge in [0, 0.05) is 18.8 Å². The summed E-state index contributed by atoms with van der Waals surface area (Å²) < 4.78 is 29.1. The molecular formula is C12H12F2N4S. The highest BCUT2D eigenvalue weighted by atomic mass is 32.1. The first kappa shape index (κ1) is 13.4. The van der Waals surface area contributed by atoms with Crippen LogP contribution in [-0.2, 0) is 13.6 Å². The third kappa shape index (κ3) is 3.05. The van der Waals surface area contributed by atoms with Crippen LogP contribution in [0.1, 0.15) is 11.3 Å². The van der Waals surface area contributed by atoms with Gasteiger partial charge in [0.2, 0.25) is 0 Å². The first-order valence-corrected chi connectivity index (χ1v) is 5.89. The van der Waals surface area contributed by atoms with E-state index >= 15 is 0 Å². The Kier molecular flexibility index (Phi) is 3.75. The zero-order valence-corrected chi connectivity index (χ0v) is 11.0. The van der Waals surface area contributed by atoms with Crippen LogP contribution in [0.25, 0.3) is 0 Å². The summed E-state index contributed by atoms with van der Waals surface area (Å²) >= 11 is 4.68. The van der Waals surface area contributed by atoms with E-state index in [1.54, 1.807) is 24.0 Å². The van der Waals surface area contributed by atoms with Crippen molar-refractivity contribution in [2.75, 3.05) is 5.32 Å². The fourth-order valence-corrected chi connectivity index (χ4v) is 1.74. The van der Waals surface area contributed by atoms with Gasteiger partial charge in [-0.3, -0.25) is 4.68 Å². The van der Waals surface area contributed by atoms with E-state index in [1.807, 2.05) is 0 Å². The monoisotopic (exact) mass is 282 g/mol. The molecule has 0 saturated carbocycles. The minimum Gasteiger partial charge on any atom is -0.389 e. The van der Waals surface area contributed by atoms with Crippen LogP contribution < -0.4 is 11.1 Å². The van der Waals surface area contributed by atoms with Gasteiger partial charge in [0.15, 0.2) is 0 Å². The Balaban J connectivity index is 2.18. The topological polar surface area (TPSA) is 55.9 Å². The maximum absolute atomic E-state index is 13.7. The van der Waals surface area contributed by atoms with E-state index in [0.717, 1.165) is 12.1 Å². The molecule has 0 aliphatic carbocycles. The summed E-state index contributed by atoms with van der Waals surface area (Å²) in [5.41, 5.74) is 5.96. The van der Waals surface area contributed by atoms with E-state index in [0.29, 0.717) is 5.69 Å². The van der Waals surface area contributed by atoms with Crippen LogP contribution in [0.4, 0.5) is 14.5 Å². The molecule has 0 spiro atoms. The Morgan fingerprint density at radius 1 is 1.42 bits per heavy atom. The lowest BCUT2D eigenvalue weighted by atomic mass is 10.2. The minimum absolute atomic E-state index is 0.0472. The highest BCUT2D eigenvalue weighted by Gasteiger charge is 2.12. The number of anilines is 1. The van der Waals surface area contributed by atoms with Gasteiger partial charge in [0.25, 0.3) is 0 Å². The van der Waals surface area contributed by atoms with E-state index in [2.05, 4.69) is 22.6 Å². The number of nitrogens with one attached hydrogen (secondary N) is 1. The van der Waals surface area contributed by atoms with Crippen LogP contribution in [0, 0.1) is 11.6 Å². The van der Waals surface area contributed by atoms with Crippen molar-refractivity contribution in [3.63, 3.8) is 0 Å². The summed E-state index contributed by atoms with van der Waals surface area (Å²) in [5, 5.41) is 6.77. The lowest BCUT2D eigenvalue weighted by Crippen LogP contribution is -2.12. The quantitative estimate of drug-likeness (QED) is 0.842. The zero-order chi connectivity index (χ0) is 14.0. The number of nitrogens with two attached hydrogens (primary N) is 1. The SMILES string of the molecule is Cn1ccc(CNc2c(F)cc(C(N)=S)cc2F)n1. The van der Waals surface area contributed by atoms with E-state index in [1.165, 1.54) is 0 Å². The van der Waals surface area contributed by atoms with Crippen molar-refractivity contribution >= 4 is 22.9 Å². The molecule has 0 unspecified atom stereocenters. The van der Waals surface area contributed by atoms with Crippen molar-refractivity contribution in [1.82, 2.24) is 9.78 Å². The fourth-order valence-electron chi connectivity index (χ4n) is 1.62. The highest BCUT2D eigenvalue weighted by Crippen LogP contribution is 2.21. The number of benzene rings is 1. The van der Waals surface area contributed by atoms with Gasteiger partial charge in [-0.25, -0.2) is 8.78 Å². The van der Waals surface area contributed by atoms with Crippen molar-refractivity contribution in [2.24, 2.45) is 12.8 Å². The Bertz CT molecular complexity index is 601. The number of hydrogen-bond acceptors (Lipinski definition) is 3. The standard InChI is InChI=1S/C12H12F2N4S/c1-18-3-2-8(17-18)6-16-11-9(13)4-7(12(15)19)5-10(11)14/h2-5,16H,6H2,1H3,(H2,15,19). The number of rotatable bonds is 4. The molecule has 1 aromatic carbocycles. The molecule has 0 aliphatic rings. The number of aromatic nitrogens is 2. The predicted octanol–water partition coefficient (Wildman–Crippen LogP) is 1.94. The number of halogens is 2. The molecule has 19 heavy (non-hydrogen) atoms. The van der Waals surface area contributed by atoms with Gasteiger partial charge in [0.05, 0.1) is 12.2 Å². The van der Waals surface area contributed by atoms with Crippen molar-refractivity contribution < 1.29 is 8.78 Å². The molecular weight excluding hydrogens is 270 g/mol. The van der Waals surface area contributed by atoms with Crippen molar-refractivity contribution in [3.8, 4) is 0 Å². The van der Waals surface area contributed by atoms with Crippen molar-refractivity contribution in [2.45, 2.75) is 6.54 Å². The second-order valence-electron chi connectivity index (χ2n) is 4.01. The van der Waals surface area contributed by atoms with Gasteiger partial charge in [-0.05, 0) is 18.2 Å². The highest BCUT2D eigenvalue weighted by molar-refractivity contribution is 7.80. The van der Waals surface area contributed by atoms with E-state index in [9.17, 15) is 8.78 Å². The molecule has 0 saturated heterocycles. The number of nitrogens with zero attached hydrogens (tertiary/aromatic N) is 2. The summed E-state index contributed by atoms with van der Waals surface area (Å²) in [6.45, 7) is 0.223. The molecule has 0 bridgehead atoms. The summed E-state index contributed by atoms with van der Waals surface area (Å²) in [6, 6.07) is 3.96. The summed E-state index contributed by atoms with van der Waals surface area (Å²) in [6.07, 6.45) is 1.75. The van der Waals surface area contributed by atoms with Crippen LogP contribution in [0.3, 0.4) is 0 Å². The molecule has 0 amide bonds. The number of aryl methyl sites for hydroxylation is 1. The average molecular weight is 282 g/mol. The molecule has 4 nitrogen and oxygen atoms in total. The first-order chi connectivity index (χ1) is 8.97. The fraction of sp³-hybridized carbons (Fsp3) is 0.167. The third-order valence-electron chi connectivity index (χ3n) is 2.54. The molecule has 0 fully saturated rings. The lowest BCUT2D eigenvalue weighted by molar-refractivity contribution is 0.587. The molecule has 2 aromatic rings. The molecule has 0 atom stereocenters.